The zero-order chi connectivity index (χ0) is 25.6. The highest BCUT2D eigenvalue weighted by Crippen LogP contribution is 2.39. The van der Waals surface area contributed by atoms with Gasteiger partial charge in [-0.3, -0.25) is 9.79 Å². The van der Waals surface area contributed by atoms with E-state index in [9.17, 15) is 4.79 Å². The van der Waals surface area contributed by atoms with Gasteiger partial charge in [0.05, 0.1) is 27.0 Å². The van der Waals surface area contributed by atoms with Crippen LogP contribution in [-0.4, -0.2) is 46.5 Å². The number of aldehydes is 1. The van der Waals surface area contributed by atoms with Crippen LogP contribution in [0.1, 0.15) is 11.7 Å². The molecular formula is C26H30N2O5S2. The first-order valence-electron chi connectivity index (χ1n) is 10.5. The van der Waals surface area contributed by atoms with Crippen molar-refractivity contribution in [2.75, 3.05) is 33.5 Å². The minimum Gasteiger partial charge on any atom is -0.497 e. The van der Waals surface area contributed by atoms with Gasteiger partial charge in [-0.1, -0.05) is 12.1 Å². The van der Waals surface area contributed by atoms with Crippen LogP contribution in [0, 0.1) is 0 Å². The molecule has 0 saturated carbocycles. The molecule has 0 aliphatic rings. The van der Waals surface area contributed by atoms with Crippen molar-refractivity contribution in [3.8, 4) is 23.0 Å². The first-order valence-corrected chi connectivity index (χ1v) is 12.7. The number of methoxy groups -OCH3 is 3. The SMILES string of the molecule is C=Nc1cc(OC)c(OC)cc1SCN.COc1ccc(OC(C=O)c2ccc(SC)cc2)cc1. The van der Waals surface area contributed by atoms with Gasteiger partial charge in [0, 0.05) is 21.7 Å². The molecule has 9 heteroatoms. The standard InChI is InChI=1S/C16H16O3S.C10H14N2O2S/c1-18-13-5-7-14(8-6-13)19-16(11-17)12-3-9-15(20-2)10-4-12;1-12-7-4-8(13-2)9(14-3)5-10(7)15-6-11/h3-11,16H,1-2H3;4-5H,1,6,11H2,2-3H3. The van der Waals surface area contributed by atoms with E-state index < -0.39 is 6.10 Å². The summed E-state index contributed by atoms with van der Waals surface area (Å²) in [4.78, 5) is 17.2. The van der Waals surface area contributed by atoms with E-state index in [-0.39, 0.29) is 0 Å². The molecule has 186 valence electrons. The summed E-state index contributed by atoms with van der Waals surface area (Å²) in [6.07, 6.45) is 2.22. The third-order valence-electron chi connectivity index (χ3n) is 4.76. The van der Waals surface area contributed by atoms with Crippen molar-refractivity contribution >= 4 is 42.2 Å². The van der Waals surface area contributed by atoms with Crippen molar-refractivity contribution in [3.63, 3.8) is 0 Å². The zero-order valence-corrected chi connectivity index (χ0v) is 21.9. The van der Waals surface area contributed by atoms with E-state index in [4.69, 9.17) is 24.7 Å². The Bertz CT molecular complexity index is 1080. The van der Waals surface area contributed by atoms with Crippen LogP contribution in [0.25, 0.3) is 0 Å². The molecule has 0 aliphatic heterocycles. The van der Waals surface area contributed by atoms with Crippen LogP contribution in [0.4, 0.5) is 5.69 Å². The van der Waals surface area contributed by atoms with E-state index in [2.05, 4.69) is 11.7 Å². The molecule has 0 bridgehead atoms. The second kappa shape index (κ2) is 15.0. The van der Waals surface area contributed by atoms with Crippen molar-refractivity contribution in [1.29, 1.82) is 0 Å². The van der Waals surface area contributed by atoms with Crippen LogP contribution in [0.5, 0.6) is 23.0 Å². The first-order chi connectivity index (χ1) is 17.0. The third-order valence-corrected chi connectivity index (χ3v) is 6.31. The Kier molecular flexibility index (Phi) is 12.0. The summed E-state index contributed by atoms with van der Waals surface area (Å²) in [6, 6.07) is 18.6. The van der Waals surface area contributed by atoms with Gasteiger partial charge in [-0.15, -0.1) is 23.5 Å². The Morgan fingerprint density at radius 2 is 1.54 bits per heavy atom. The summed E-state index contributed by atoms with van der Waals surface area (Å²) < 4.78 is 21.1. The fourth-order valence-electron chi connectivity index (χ4n) is 2.95. The summed E-state index contributed by atoms with van der Waals surface area (Å²) in [5, 5.41) is 0. The summed E-state index contributed by atoms with van der Waals surface area (Å²) in [5.41, 5.74) is 7.07. The van der Waals surface area contributed by atoms with Gasteiger partial charge in [-0.25, -0.2) is 0 Å². The molecule has 0 saturated heterocycles. The van der Waals surface area contributed by atoms with E-state index in [0.717, 1.165) is 33.1 Å². The maximum Gasteiger partial charge on any atom is 0.179 e. The number of carbonyl (C=O) groups excluding carboxylic acids is 1. The number of ether oxygens (including phenoxy) is 4. The first kappa shape index (κ1) is 28.1. The molecule has 0 aromatic heterocycles. The number of thioether (sulfide) groups is 2. The Balaban J connectivity index is 0.000000258. The monoisotopic (exact) mass is 514 g/mol. The van der Waals surface area contributed by atoms with Crippen molar-refractivity contribution in [2.24, 2.45) is 10.7 Å². The van der Waals surface area contributed by atoms with Gasteiger partial charge < -0.3 is 24.7 Å². The molecule has 1 unspecified atom stereocenters. The van der Waals surface area contributed by atoms with Crippen LogP contribution in [0.2, 0.25) is 0 Å². The molecule has 3 aromatic rings. The fraction of sp³-hybridized carbons (Fsp3) is 0.231. The molecule has 0 radical (unpaired) electrons. The molecule has 0 heterocycles. The lowest BCUT2D eigenvalue weighted by Gasteiger charge is -2.14. The predicted molar refractivity (Wildman–Crippen MR) is 144 cm³/mol. The second-order valence-corrected chi connectivity index (χ2v) is 8.71. The lowest BCUT2D eigenvalue weighted by atomic mass is 10.1. The molecule has 0 amide bonds. The highest BCUT2D eigenvalue weighted by Gasteiger charge is 2.12. The fourth-order valence-corrected chi connectivity index (χ4v) is 4.00. The minimum absolute atomic E-state index is 0.484. The zero-order valence-electron chi connectivity index (χ0n) is 20.2. The van der Waals surface area contributed by atoms with E-state index in [0.29, 0.717) is 23.1 Å². The van der Waals surface area contributed by atoms with Gasteiger partial charge >= 0.3 is 0 Å². The summed E-state index contributed by atoms with van der Waals surface area (Å²) in [6.45, 7) is 3.50. The average Bonchev–Trinajstić information content (AvgIpc) is 2.92. The predicted octanol–water partition coefficient (Wildman–Crippen LogP) is 5.78. The van der Waals surface area contributed by atoms with E-state index in [1.807, 2.05) is 36.6 Å². The van der Waals surface area contributed by atoms with Crippen molar-refractivity contribution < 1.29 is 23.7 Å². The highest BCUT2D eigenvalue weighted by atomic mass is 32.2. The summed E-state index contributed by atoms with van der Waals surface area (Å²) in [5.74, 6) is 3.18. The molecule has 0 fully saturated rings. The molecule has 0 aliphatic carbocycles. The largest absolute Gasteiger partial charge is 0.497 e. The molecule has 3 rings (SSSR count). The van der Waals surface area contributed by atoms with E-state index >= 15 is 0 Å². The summed E-state index contributed by atoms with van der Waals surface area (Å²) >= 11 is 3.15. The number of rotatable bonds is 11. The van der Waals surface area contributed by atoms with Crippen LogP contribution in [-0.2, 0) is 4.79 Å². The average molecular weight is 515 g/mol. The molecule has 0 spiro atoms. The lowest BCUT2D eigenvalue weighted by molar-refractivity contribution is -0.113. The number of nitrogens with two attached hydrogens (primary N) is 1. The Morgan fingerprint density at radius 3 is 2.03 bits per heavy atom. The Labute approximate surface area is 215 Å². The molecule has 35 heavy (non-hydrogen) atoms. The number of nitrogens with zero attached hydrogens (tertiary/aromatic N) is 1. The van der Waals surface area contributed by atoms with Gasteiger partial charge in [0.1, 0.15) is 11.5 Å². The maximum atomic E-state index is 11.2. The molecule has 7 nitrogen and oxygen atoms in total. The lowest BCUT2D eigenvalue weighted by Crippen LogP contribution is -2.08. The minimum atomic E-state index is -0.598. The van der Waals surface area contributed by atoms with Crippen molar-refractivity contribution in [1.82, 2.24) is 0 Å². The number of benzene rings is 3. The molecular weight excluding hydrogens is 484 g/mol. The van der Waals surface area contributed by atoms with Gasteiger partial charge in [-0.2, -0.15) is 0 Å². The molecule has 1 atom stereocenters. The van der Waals surface area contributed by atoms with Crippen LogP contribution >= 0.6 is 23.5 Å². The normalized spacial score (nSPS) is 10.9. The maximum absolute atomic E-state index is 11.2. The smallest absolute Gasteiger partial charge is 0.179 e. The molecule has 3 aromatic carbocycles. The second-order valence-electron chi connectivity index (χ2n) is 6.77. The Morgan fingerprint density at radius 1 is 0.943 bits per heavy atom. The van der Waals surface area contributed by atoms with Gasteiger partial charge in [0.25, 0.3) is 0 Å². The number of hydrogen-bond donors (Lipinski definition) is 1. The number of hydrogen-bond acceptors (Lipinski definition) is 9. The van der Waals surface area contributed by atoms with Crippen LogP contribution < -0.4 is 24.7 Å². The quantitative estimate of drug-likeness (QED) is 0.149. The summed E-state index contributed by atoms with van der Waals surface area (Å²) in [7, 11) is 4.79. The van der Waals surface area contributed by atoms with Crippen LogP contribution in [0.15, 0.2) is 75.4 Å². The van der Waals surface area contributed by atoms with Gasteiger partial charge in [-0.05, 0) is 61.0 Å². The van der Waals surface area contributed by atoms with Crippen LogP contribution in [0.3, 0.4) is 0 Å². The van der Waals surface area contributed by atoms with Crippen molar-refractivity contribution in [3.05, 3.63) is 66.2 Å². The highest BCUT2D eigenvalue weighted by molar-refractivity contribution is 7.99. The Hall–Kier alpha value is -3.14. The number of carbonyl (C=O) groups is 1. The molecule has 2 N–H and O–H groups in total. The topological polar surface area (TPSA) is 92.4 Å². The van der Waals surface area contributed by atoms with E-state index in [1.165, 1.54) is 11.8 Å². The van der Waals surface area contributed by atoms with E-state index in [1.54, 1.807) is 63.4 Å². The van der Waals surface area contributed by atoms with Gasteiger partial charge in [0.2, 0.25) is 0 Å². The van der Waals surface area contributed by atoms with Crippen molar-refractivity contribution in [2.45, 2.75) is 15.9 Å². The third kappa shape index (κ3) is 8.24. The number of aliphatic imine (C=N–C) groups is 1. The van der Waals surface area contributed by atoms with Gasteiger partial charge in [0.15, 0.2) is 23.9 Å².